The van der Waals surface area contributed by atoms with Gasteiger partial charge in [-0.05, 0) is 63.5 Å². The lowest BCUT2D eigenvalue weighted by molar-refractivity contribution is -0.138. The average molecular weight is 398 g/mol. The quantitative estimate of drug-likeness (QED) is 0.803. The van der Waals surface area contributed by atoms with Crippen LogP contribution in [0.5, 0.6) is 0 Å². The molecule has 3 aliphatic rings. The Labute approximate surface area is 174 Å². The fourth-order valence-electron chi connectivity index (χ4n) is 5.18. The molecule has 158 valence electrons. The van der Waals surface area contributed by atoms with E-state index in [9.17, 15) is 9.59 Å². The predicted octanol–water partition coefficient (Wildman–Crippen LogP) is 2.99. The van der Waals surface area contributed by atoms with Gasteiger partial charge in [-0.25, -0.2) is 0 Å². The fraction of sp³-hybridized carbons (Fsp3) is 0.667. The Morgan fingerprint density at radius 2 is 1.79 bits per heavy atom. The minimum absolute atomic E-state index is 0.0391. The van der Waals surface area contributed by atoms with E-state index in [-0.39, 0.29) is 23.9 Å². The maximum atomic E-state index is 13.0. The number of carbonyl (C=O) groups excluding carboxylic acids is 2. The number of hydrogen-bond donors (Lipinski definition) is 1. The van der Waals surface area contributed by atoms with E-state index >= 15 is 0 Å². The zero-order chi connectivity index (χ0) is 20.2. The van der Waals surface area contributed by atoms with Crippen molar-refractivity contribution in [2.24, 2.45) is 5.92 Å². The fourth-order valence-corrected chi connectivity index (χ4v) is 5.18. The Balaban J connectivity index is 1.31. The highest BCUT2D eigenvalue weighted by Crippen LogP contribution is 2.30. The highest BCUT2D eigenvalue weighted by molar-refractivity contribution is 5.89. The summed E-state index contributed by atoms with van der Waals surface area (Å²) in [5.41, 5.74) is 1.01. The number of carbonyl (C=O) groups is 2. The van der Waals surface area contributed by atoms with Crippen LogP contribution in [0.3, 0.4) is 0 Å². The van der Waals surface area contributed by atoms with Crippen molar-refractivity contribution >= 4 is 11.8 Å². The summed E-state index contributed by atoms with van der Waals surface area (Å²) in [6.07, 6.45) is 8.52. The molecular formula is C24H35N3O2. The van der Waals surface area contributed by atoms with Gasteiger partial charge in [-0.1, -0.05) is 36.8 Å². The standard InChI is InChI=1S/C24H35N3O2/c1-18(20-10-6-14-26(17-20)21-11-5-12-21)25-24(29)22-13-7-15-27(22)23(28)16-19-8-3-2-4-9-19/h2-4,8-9,18,20-22H,5-7,10-17H2,1H3,(H,25,29). The third-order valence-corrected chi connectivity index (χ3v) is 7.23. The molecule has 1 aromatic rings. The summed E-state index contributed by atoms with van der Waals surface area (Å²) in [5, 5.41) is 3.28. The molecule has 1 saturated carbocycles. The largest absolute Gasteiger partial charge is 0.352 e. The van der Waals surface area contributed by atoms with E-state index in [0.29, 0.717) is 18.9 Å². The lowest BCUT2D eigenvalue weighted by Crippen LogP contribution is -2.53. The molecular weight excluding hydrogens is 362 g/mol. The van der Waals surface area contributed by atoms with Gasteiger partial charge in [-0.2, -0.15) is 0 Å². The van der Waals surface area contributed by atoms with E-state index in [4.69, 9.17) is 0 Å². The number of hydrogen-bond acceptors (Lipinski definition) is 3. The van der Waals surface area contributed by atoms with Crippen molar-refractivity contribution in [3.8, 4) is 0 Å². The van der Waals surface area contributed by atoms with Gasteiger partial charge in [0.25, 0.3) is 0 Å². The van der Waals surface area contributed by atoms with Crippen LogP contribution in [0, 0.1) is 5.92 Å². The van der Waals surface area contributed by atoms with Crippen molar-refractivity contribution in [2.75, 3.05) is 19.6 Å². The van der Waals surface area contributed by atoms with Crippen LogP contribution >= 0.6 is 0 Å². The van der Waals surface area contributed by atoms with Gasteiger partial charge in [0.05, 0.1) is 6.42 Å². The summed E-state index contributed by atoms with van der Waals surface area (Å²) in [4.78, 5) is 30.3. The van der Waals surface area contributed by atoms with E-state index in [1.807, 2.05) is 30.3 Å². The van der Waals surface area contributed by atoms with Crippen LogP contribution in [0.2, 0.25) is 0 Å². The summed E-state index contributed by atoms with van der Waals surface area (Å²) in [6, 6.07) is 10.5. The van der Waals surface area contributed by atoms with Crippen LogP contribution in [0.1, 0.15) is 57.4 Å². The van der Waals surface area contributed by atoms with Crippen LogP contribution in [-0.2, 0) is 16.0 Å². The Kier molecular flexibility index (Phi) is 6.53. The van der Waals surface area contributed by atoms with Gasteiger partial charge in [0.15, 0.2) is 0 Å². The number of rotatable bonds is 6. The van der Waals surface area contributed by atoms with E-state index in [1.54, 1.807) is 4.90 Å². The molecule has 3 atom stereocenters. The van der Waals surface area contributed by atoms with E-state index in [0.717, 1.165) is 31.0 Å². The molecule has 0 radical (unpaired) electrons. The van der Waals surface area contributed by atoms with Crippen molar-refractivity contribution in [3.63, 3.8) is 0 Å². The minimum Gasteiger partial charge on any atom is -0.352 e. The molecule has 0 spiro atoms. The first kappa shape index (κ1) is 20.4. The molecule has 3 unspecified atom stereocenters. The summed E-state index contributed by atoms with van der Waals surface area (Å²) >= 11 is 0. The van der Waals surface area contributed by atoms with Crippen LogP contribution < -0.4 is 5.32 Å². The molecule has 3 fully saturated rings. The molecule has 4 rings (SSSR count). The van der Waals surface area contributed by atoms with Crippen molar-refractivity contribution in [1.82, 2.24) is 15.1 Å². The number of benzene rings is 1. The molecule has 2 heterocycles. The summed E-state index contributed by atoms with van der Waals surface area (Å²) in [6.45, 7) is 5.16. The first-order valence-corrected chi connectivity index (χ1v) is 11.5. The number of likely N-dealkylation sites (tertiary alicyclic amines) is 2. The Morgan fingerprint density at radius 3 is 2.52 bits per heavy atom. The van der Waals surface area contributed by atoms with Gasteiger partial charge in [0.2, 0.25) is 11.8 Å². The minimum atomic E-state index is -0.306. The summed E-state index contributed by atoms with van der Waals surface area (Å²) in [7, 11) is 0. The molecule has 2 amide bonds. The number of nitrogens with zero attached hydrogens (tertiary/aromatic N) is 2. The zero-order valence-electron chi connectivity index (χ0n) is 17.7. The smallest absolute Gasteiger partial charge is 0.243 e. The molecule has 1 aromatic carbocycles. The lowest BCUT2D eigenvalue weighted by atomic mass is 9.85. The molecule has 0 aromatic heterocycles. The zero-order valence-corrected chi connectivity index (χ0v) is 17.7. The highest BCUT2D eigenvalue weighted by atomic mass is 16.2. The average Bonchev–Trinajstić information content (AvgIpc) is 3.18. The maximum absolute atomic E-state index is 13.0. The van der Waals surface area contributed by atoms with Gasteiger partial charge < -0.3 is 15.1 Å². The molecule has 1 aliphatic carbocycles. The maximum Gasteiger partial charge on any atom is 0.243 e. The summed E-state index contributed by atoms with van der Waals surface area (Å²) < 4.78 is 0. The second kappa shape index (κ2) is 9.29. The number of piperidine rings is 1. The van der Waals surface area contributed by atoms with Gasteiger partial charge >= 0.3 is 0 Å². The Bertz CT molecular complexity index is 703. The van der Waals surface area contributed by atoms with E-state index < -0.39 is 0 Å². The highest BCUT2D eigenvalue weighted by Gasteiger charge is 2.36. The molecule has 29 heavy (non-hydrogen) atoms. The molecule has 5 nitrogen and oxygen atoms in total. The van der Waals surface area contributed by atoms with Crippen LogP contribution in [0.4, 0.5) is 0 Å². The van der Waals surface area contributed by atoms with Gasteiger partial charge in [-0.15, -0.1) is 0 Å². The molecule has 1 N–H and O–H groups in total. The Hall–Kier alpha value is -1.88. The molecule has 0 bridgehead atoms. The van der Waals surface area contributed by atoms with Crippen LogP contribution in [0.15, 0.2) is 30.3 Å². The number of amides is 2. The van der Waals surface area contributed by atoms with Gasteiger partial charge in [-0.3, -0.25) is 9.59 Å². The third kappa shape index (κ3) is 4.82. The molecule has 2 saturated heterocycles. The van der Waals surface area contributed by atoms with E-state index in [1.165, 1.54) is 38.6 Å². The van der Waals surface area contributed by atoms with Crippen molar-refractivity contribution < 1.29 is 9.59 Å². The second-order valence-electron chi connectivity index (χ2n) is 9.19. The monoisotopic (exact) mass is 397 g/mol. The molecule has 2 aliphatic heterocycles. The van der Waals surface area contributed by atoms with E-state index in [2.05, 4.69) is 17.1 Å². The van der Waals surface area contributed by atoms with Crippen LogP contribution in [-0.4, -0.2) is 59.4 Å². The Morgan fingerprint density at radius 1 is 1.03 bits per heavy atom. The SMILES string of the molecule is CC(NC(=O)C1CCCN1C(=O)Cc1ccccc1)C1CCCN(C2CCC2)C1. The topological polar surface area (TPSA) is 52.7 Å². The van der Waals surface area contributed by atoms with Gasteiger partial charge in [0.1, 0.15) is 6.04 Å². The van der Waals surface area contributed by atoms with Crippen molar-refractivity contribution in [2.45, 2.75) is 76.4 Å². The van der Waals surface area contributed by atoms with Crippen LogP contribution in [0.25, 0.3) is 0 Å². The predicted molar refractivity (Wildman–Crippen MR) is 114 cm³/mol. The molecule has 5 heteroatoms. The first-order valence-electron chi connectivity index (χ1n) is 11.5. The second-order valence-corrected chi connectivity index (χ2v) is 9.19. The van der Waals surface area contributed by atoms with Crippen molar-refractivity contribution in [3.05, 3.63) is 35.9 Å². The third-order valence-electron chi connectivity index (χ3n) is 7.23. The summed E-state index contributed by atoms with van der Waals surface area (Å²) in [5.74, 6) is 0.621. The number of nitrogens with one attached hydrogen (secondary N) is 1. The van der Waals surface area contributed by atoms with Gasteiger partial charge in [0, 0.05) is 25.2 Å². The normalized spacial score (nSPS) is 26.7. The lowest BCUT2D eigenvalue weighted by Gasteiger charge is -2.44. The first-order chi connectivity index (χ1) is 14.1. The van der Waals surface area contributed by atoms with Crippen molar-refractivity contribution in [1.29, 1.82) is 0 Å².